The monoisotopic (exact) mass is 297 g/mol. The zero-order valence-electron chi connectivity index (χ0n) is 13.7. The number of ether oxygens (including phenoxy) is 2. The van der Waals surface area contributed by atoms with Crippen molar-refractivity contribution in [2.75, 3.05) is 26.3 Å². The highest BCUT2D eigenvalue weighted by atomic mass is 16.5. The van der Waals surface area contributed by atoms with Gasteiger partial charge in [0.1, 0.15) is 0 Å². The van der Waals surface area contributed by atoms with E-state index < -0.39 is 0 Å². The van der Waals surface area contributed by atoms with E-state index in [4.69, 9.17) is 9.47 Å². The Bertz CT molecular complexity index is 333. The van der Waals surface area contributed by atoms with Crippen LogP contribution in [0.4, 0.5) is 0 Å². The number of rotatable bonds is 8. The number of hydrogen-bond acceptors (Lipinski definition) is 3. The molecular weight excluding hydrogens is 266 g/mol. The van der Waals surface area contributed by atoms with Crippen LogP contribution >= 0.6 is 0 Å². The molecule has 0 aromatic heterocycles. The standard InChI is InChI=1S/C16H31N3O2/c1-4-17-16(18-8-5-9-20-11-12(2)3)19-14-10-13-6-7-15(14)21-13/h12-15H,4-11H2,1-3H3,(H2,17,18,19). The lowest BCUT2D eigenvalue weighted by Gasteiger charge is -2.22. The molecule has 2 heterocycles. The van der Waals surface area contributed by atoms with E-state index >= 15 is 0 Å². The van der Waals surface area contributed by atoms with Gasteiger partial charge in [-0.3, -0.25) is 4.99 Å². The zero-order chi connectivity index (χ0) is 15.1. The van der Waals surface area contributed by atoms with Crippen LogP contribution in [0.25, 0.3) is 0 Å². The Morgan fingerprint density at radius 1 is 1.38 bits per heavy atom. The first-order valence-corrected chi connectivity index (χ1v) is 8.47. The van der Waals surface area contributed by atoms with Crippen LogP contribution in [0.1, 0.15) is 46.5 Å². The fourth-order valence-corrected chi connectivity index (χ4v) is 2.96. The second-order valence-corrected chi connectivity index (χ2v) is 6.44. The van der Waals surface area contributed by atoms with E-state index in [0.717, 1.165) is 45.1 Å². The Kier molecular flexibility index (Phi) is 6.77. The van der Waals surface area contributed by atoms with Gasteiger partial charge in [0.05, 0.1) is 18.2 Å². The van der Waals surface area contributed by atoms with Gasteiger partial charge in [-0.25, -0.2) is 0 Å². The minimum atomic E-state index is 0.383. The van der Waals surface area contributed by atoms with Gasteiger partial charge in [0, 0.05) is 26.3 Å². The van der Waals surface area contributed by atoms with Gasteiger partial charge in [0.2, 0.25) is 0 Å². The van der Waals surface area contributed by atoms with E-state index in [-0.39, 0.29) is 0 Å². The molecule has 2 N–H and O–H groups in total. The number of aliphatic imine (C=N–C) groups is 1. The van der Waals surface area contributed by atoms with Crippen LogP contribution in [0.2, 0.25) is 0 Å². The van der Waals surface area contributed by atoms with Gasteiger partial charge in [-0.2, -0.15) is 0 Å². The van der Waals surface area contributed by atoms with Crippen LogP contribution in [0.5, 0.6) is 0 Å². The summed E-state index contributed by atoms with van der Waals surface area (Å²) in [6, 6.07) is 0.429. The van der Waals surface area contributed by atoms with Crippen molar-refractivity contribution in [2.45, 2.75) is 64.7 Å². The molecular formula is C16H31N3O2. The van der Waals surface area contributed by atoms with Gasteiger partial charge in [-0.05, 0) is 38.5 Å². The summed E-state index contributed by atoms with van der Waals surface area (Å²) in [5, 5.41) is 6.85. The molecule has 0 saturated carbocycles. The number of guanidine groups is 1. The number of fused-ring (bicyclic) bond motifs is 2. The van der Waals surface area contributed by atoms with Gasteiger partial charge in [0.25, 0.3) is 0 Å². The zero-order valence-corrected chi connectivity index (χ0v) is 13.7. The third kappa shape index (κ3) is 5.47. The molecule has 2 rings (SSSR count). The SMILES string of the molecule is CCNC(=NCCCOCC(C)C)NC1CC2CCC1O2. The topological polar surface area (TPSA) is 54.9 Å². The molecule has 3 unspecified atom stereocenters. The molecule has 0 aromatic carbocycles. The quantitative estimate of drug-likeness (QED) is 0.408. The third-order valence-electron chi connectivity index (χ3n) is 3.94. The van der Waals surface area contributed by atoms with Crippen molar-refractivity contribution < 1.29 is 9.47 Å². The summed E-state index contributed by atoms with van der Waals surface area (Å²) >= 11 is 0. The highest BCUT2D eigenvalue weighted by Gasteiger charge is 2.41. The average molecular weight is 297 g/mol. The fourth-order valence-electron chi connectivity index (χ4n) is 2.96. The first-order valence-electron chi connectivity index (χ1n) is 8.47. The van der Waals surface area contributed by atoms with E-state index in [1.165, 1.54) is 12.8 Å². The molecule has 2 aliphatic heterocycles. The molecule has 2 fully saturated rings. The predicted molar refractivity (Wildman–Crippen MR) is 85.7 cm³/mol. The fraction of sp³-hybridized carbons (Fsp3) is 0.938. The molecule has 2 bridgehead atoms. The Balaban J connectivity index is 1.67. The van der Waals surface area contributed by atoms with Crippen LogP contribution in [-0.2, 0) is 9.47 Å². The van der Waals surface area contributed by atoms with Crippen LogP contribution < -0.4 is 10.6 Å². The highest BCUT2D eigenvalue weighted by Crippen LogP contribution is 2.34. The lowest BCUT2D eigenvalue weighted by molar-refractivity contribution is 0.0992. The predicted octanol–water partition coefficient (Wildman–Crippen LogP) is 1.92. The van der Waals surface area contributed by atoms with Crippen molar-refractivity contribution >= 4 is 5.96 Å². The second-order valence-electron chi connectivity index (χ2n) is 6.44. The maximum absolute atomic E-state index is 5.88. The lowest BCUT2D eigenvalue weighted by atomic mass is 9.96. The van der Waals surface area contributed by atoms with Crippen molar-refractivity contribution in [3.8, 4) is 0 Å². The van der Waals surface area contributed by atoms with Gasteiger partial charge in [-0.1, -0.05) is 13.8 Å². The molecule has 0 amide bonds. The Labute approximate surface area is 128 Å². The maximum Gasteiger partial charge on any atom is 0.191 e. The summed E-state index contributed by atoms with van der Waals surface area (Å²) in [7, 11) is 0. The lowest BCUT2D eigenvalue weighted by Crippen LogP contribution is -2.47. The van der Waals surface area contributed by atoms with E-state index in [1.54, 1.807) is 0 Å². The summed E-state index contributed by atoms with van der Waals surface area (Å²) in [5.41, 5.74) is 0. The van der Waals surface area contributed by atoms with Gasteiger partial charge in [0.15, 0.2) is 5.96 Å². The van der Waals surface area contributed by atoms with E-state index in [0.29, 0.717) is 24.2 Å². The van der Waals surface area contributed by atoms with Crippen LogP contribution in [0.3, 0.4) is 0 Å². The second kappa shape index (κ2) is 8.59. The van der Waals surface area contributed by atoms with Gasteiger partial charge in [-0.15, -0.1) is 0 Å². The van der Waals surface area contributed by atoms with Crippen molar-refractivity contribution in [1.29, 1.82) is 0 Å². The first-order chi connectivity index (χ1) is 10.2. The summed E-state index contributed by atoms with van der Waals surface area (Å²) in [4.78, 5) is 4.64. The third-order valence-corrected chi connectivity index (χ3v) is 3.94. The molecule has 0 spiro atoms. The normalized spacial score (nSPS) is 28.4. The number of nitrogens with one attached hydrogen (secondary N) is 2. The van der Waals surface area contributed by atoms with Crippen molar-refractivity contribution in [2.24, 2.45) is 10.9 Å². The Morgan fingerprint density at radius 2 is 2.24 bits per heavy atom. The van der Waals surface area contributed by atoms with Crippen LogP contribution in [-0.4, -0.2) is 50.5 Å². The molecule has 122 valence electrons. The molecule has 5 nitrogen and oxygen atoms in total. The molecule has 5 heteroatoms. The van der Waals surface area contributed by atoms with E-state index in [1.807, 2.05) is 0 Å². The van der Waals surface area contributed by atoms with E-state index in [2.05, 4.69) is 36.4 Å². The van der Waals surface area contributed by atoms with Gasteiger partial charge < -0.3 is 20.1 Å². The maximum atomic E-state index is 5.88. The van der Waals surface area contributed by atoms with Crippen molar-refractivity contribution in [3.05, 3.63) is 0 Å². The molecule has 3 atom stereocenters. The molecule has 21 heavy (non-hydrogen) atoms. The smallest absolute Gasteiger partial charge is 0.191 e. The average Bonchev–Trinajstić information content (AvgIpc) is 3.05. The van der Waals surface area contributed by atoms with Crippen molar-refractivity contribution in [1.82, 2.24) is 10.6 Å². The van der Waals surface area contributed by atoms with Crippen LogP contribution in [0, 0.1) is 5.92 Å². The van der Waals surface area contributed by atoms with Gasteiger partial charge >= 0.3 is 0 Å². The summed E-state index contributed by atoms with van der Waals surface area (Å²) < 4.78 is 11.5. The summed E-state index contributed by atoms with van der Waals surface area (Å²) in [6.07, 6.45) is 5.35. The molecule has 2 aliphatic rings. The first kappa shape index (κ1) is 16.6. The molecule has 0 aliphatic carbocycles. The summed E-state index contributed by atoms with van der Waals surface area (Å²) in [6.45, 7) is 9.75. The van der Waals surface area contributed by atoms with E-state index in [9.17, 15) is 0 Å². The molecule has 0 aromatic rings. The minimum Gasteiger partial charge on any atom is -0.381 e. The largest absolute Gasteiger partial charge is 0.381 e. The number of nitrogens with zero attached hydrogens (tertiary/aromatic N) is 1. The summed E-state index contributed by atoms with van der Waals surface area (Å²) in [5.74, 6) is 1.52. The Morgan fingerprint density at radius 3 is 2.86 bits per heavy atom. The number of hydrogen-bond donors (Lipinski definition) is 2. The van der Waals surface area contributed by atoms with Crippen molar-refractivity contribution in [3.63, 3.8) is 0 Å². The minimum absolute atomic E-state index is 0.383. The molecule has 0 radical (unpaired) electrons. The molecule has 2 saturated heterocycles. The Hall–Kier alpha value is -0.810. The highest BCUT2D eigenvalue weighted by molar-refractivity contribution is 5.80. The van der Waals surface area contributed by atoms with Crippen LogP contribution in [0.15, 0.2) is 4.99 Å².